The van der Waals surface area contributed by atoms with Crippen molar-refractivity contribution in [2.75, 3.05) is 19.0 Å². The Hall–Kier alpha value is -3.95. The third-order valence-electron chi connectivity index (χ3n) is 5.50. The molecule has 0 saturated heterocycles. The molecule has 2 aromatic heterocycles. The number of hydrogen-bond donors (Lipinski definition) is 1. The van der Waals surface area contributed by atoms with E-state index in [0.717, 1.165) is 47.8 Å². The molecule has 3 heterocycles. The minimum atomic E-state index is -4.48. The molecule has 0 radical (unpaired) electrons. The van der Waals surface area contributed by atoms with E-state index in [4.69, 9.17) is 9.47 Å². The van der Waals surface area contributed by atoms with E-state index in [-0.39, 0.29) is 11.6 Å². The highest BCUT2D eigenvalue weighted by Crippen LogP contribution is 2.34. The molecule has 0 bridgehead atoms. The van der Waals surface area contributed by atoms with Crippen LogP contribution in [0.25, 0.3) is 5.57 Å². The number of ether oxygens (including phenoxy) is 2. The van der Waals surface area contributed by atoms with Crippen molar-refractivity contribution < 1.29 is 27.6 Å². The maximum atomic E-state index is 13.0. The van der Waals surface area contributed by atoms with Gasteiger partial charge in [0.2, 0.25) is 23.5 Å². The van der Waals surface area contributed by atoms with E-state index >= 15 is 0 Å². The highest BCUT2D eigenvalue weighted by molar-refractivity contribution is 5.49. The van der Waals surface area contributed by atoms with Crippen LogP contribution in [0.3, 0.4) is 0 Å². The van der Waals surface area contributed by atoms with Crippen molar-refractivity contribution in [3.8, 4) is 17.4 Å². The number of hydrogen-bond acceptors (Lipinski definition) is 6. The first-order valence-electron chi connectivity index (χ1n) is 11.1. The number of fused-ring (bicyclic) bond motifs is 1. The zero-order chi connectivity index (χ0) is 24.8. The summed E-state index contributed by atoms with van der Waals surface area (Å²) in [4.78, 5) is 15.8. The molecular weight excluding hydrogens is 459 g/mol. The van der Waals surface area contributed by atoms with Gasteiger partial charge in [-0.2, -0.15) is 13.2 Å². The van der Waals surface area contributed by atoms with Gasteiger partial charge in [-0.3, -0.25) is 0 Å². The van der Waals surface area contributed by atoms with Gasteiger partial charge in [0.05, 0.1) is 19.2 Å². The highest BCUT2D eigenvalue weighted by Gasteiger charge is 2.31. The second-order valence-corrected chi connectivity index (χ2v) is 7.95. The van der Waals surface area contributed by atoms with Crippen molar-refractivity contribution in [2.45, 2.75) is 32.4 Å². The molecule has 0 aliphatic carbocycles. The number of halogens is 3. The molecule has 182 valence electrons. The lowest BCUT2D eigenvalue weighted by molar-refractivity contribution is -0.367. The minimum absolute atomic E-state index is 0.163. The molecular formula is C25H25F3N5O2+. The van der Waals surface area contributed by atoms with Gasteiger partial charge in [0, 0.05) is 24.9 Å². The van der Waals surface area contributed by atoms with Crippen LogP contribution in [-0.4, -0.2) is 23.6 Å². The summed E-state index contributed by atoms with van der Waals surface area (Å²) in [6.45, 7) is 2.70. The summed E-state index contributed by atoms with van der Waals surface area (Å²) < 4.78 is 49.9. The molecule has 1 aliphatic heterocycles. The number of aromatic amines is 1. The molecule has 0 unspecified atom stereocenters. The molecule has 0 atom stereocenters. The van der Waals surface area contributed by atoms with Gasteiger partial charge in [0.25, 0.3) is 0 Å². The fourth-order valence-electron chi connectivity index (χ4n) is 3.71. The fraction of sp³-hybridized carbons (Fsp3) is 0.280. The smallest absolute Gasteiger partial charge is 0.416 e. The van der Waals surface area contributed by atoms with Crippen LogP contribution in [0, 0.1) is 0 Å². The second kappa shape index (κ2) is 10.5. The van der Waals surface area contributed by atoms with Crippen LogP contribution >= 0.6 is 0 Å². The summed E-state index contributed by atoms with van der Waals surface area (Å²) in [6.07, 6.45) is 4.53. The molecule has 35 heavy (non-hydrogen) atoms. The lowest BCUT2D eigenvalue weighted by Gasteiger charge is -2.13. The number of alkyl halides is 3. The van der Waals surface area contributed by atoms with Crippen molar-refractivity contribution in [1.29, 1.82) is 0 Å². The van der Waals surface area contributed by atoms with Crippen LogP contribution < -0.4 is 30.5 Å². The number of rotatable bonds is 7. The molecule has 0 fully saturated rings. The maximum absolute atomic E-state index is 13.0. The first kappa shape index (κ1) is 24.2. The molecule has 0 saturated carbocycles. The predicted octanol–water partition coefficient (Wildman–Crippen LogP) is 3.86. The molecule has 1 aromatic carbocycles. The summed E-state index contributed by atoms with van der Waals surface area (Å²) in [5, 5.41) is 4.40. The van der Waals surface area contributed by atoms with Gasteiger partial charge in [0.15, 0.2) is 11.5 Å². The molecule has 10 heteroatoms. The maximum Gasteiger partial charge on any atom is 0.416 e. The molecule has 4 rings (SSSR count). The van der Waals surface area contributed by atoms with Crippen LogP contribution in [-0.2, 0) is 12.6 Å². The number of nitrogens with zero attached hydrogens (tertiary/aromatic N) is 3. The van der Waals surface area contributed by atoms with Crippen molar-refractivity contribution in [3.63, 3.8) is 0 Å². The number of aromatic nitrogens is 3. The normalized spacial score (nSPS) is 13.3. The van der Waals surface area contributed by atoms with Gasteiger partial charge in [-0.1, -0.05) is 22.7 Å². The van der Waals surface area contributed by atoms with E-state index in [1.807, 2.05) is 12.1 Å². The predicted molar refractivity (Wildman–Crippen MR) is 124 cm³/mol. The molecule has 7 nitrogen and oxygen atoms in total. The first-order valence-corrected chi connectivity index (χ1v) is 11.1. The third-order valence-corrected chi connectivity index (χ3v) is 5.50. The van der Waals surface area contributed by atoms with Gasteiger partial charge in [0.1, 0.15) is 5.22 Å². The molecule has 0 amide bonds. The lowest BCUT2D eigenvalue weighted by atomic mass is 10.1. The zero-order valence-electron chi connectivity index (χ0n) is 19.3. The topological polar surface area (TPSA) is 82.8 Å². The largest absolute Gasteiger partial charge is 0.493 e. The van der Waals surface area contributed by atoms with Crippen molar-refractivity contribution in [3.05, 3.63) is 77.0 Å². The van der Waals surface area contributed by atoms with Gasteiger partial charge in [-0.25, -0.2) is 15.0 Å². The lowest BCUT2D eigenvalue weighted by Crippen LogP contribution is -2.39. The van der Waals surface area contributed by atoms with Crippen LogP contribution in [0.2, 0.25) is 0 Å². The average Bonchev–Trinajstić information content (AvgIpc) is 2.83. The van der Waals surface area contributed by atoms with Crippen molar-refractivity contribution in [1.82, 2.24) is 9.97 Å². The summed E-state index contributed by atoms with van der Waals surface area (Å²) in [7, 11) is 1.48. The van der Waals surface area contributed by atoms with Crippen molar-refractivity contribution >= 4 is 11.4 Å². The molecule has 2 N–H and O–H groups in total. The second-order valence-electron chi connectivity index (χ2n) is 7.95. The molecule has 0 spiro atoms. The monoisotopic (exact) mass is 484 g/mol. The Labute approximate surface area is 200 Å². The number of benzene rings is 1. The summed E-state index contributed by atoms with van der Waals surface area (Å²) >= 11 is 0. The van der Waals surface area contributed by atoms with E-state index in [0.29, 0.717) is 24.2 Å². The van der Waals surface area contributed by atoms with Crippen LogP contribution in [0.15, 0.2) is 60.1 Å². The Kier molecular flexibility index (Phi) is 7.28. The number of anilines is 1. The van der Waals surface area contributed by atoms with Gasteiger partial charge < -0.3 is 14.8 Å². The SMILES string of the molecule is COc1cc(CCNc2[nH+]cnc3c2=C(C)CCC=CN=3)ccc1Oc1cc(C(F)(F)F)ccn1. The number of pyridine rings is 1. The molecule has 1 aliphatic rings. The van der Waals surface area contributed by atoms with E-state index in [9.17, 15) is 13.2 Å². The molecule has 3 aromatic rings. The Morgan fingerprint density at radius 1 is 1.11 bits per heavy atom. The van der Waals surface area contributed by atoms with Crippen molar-refractivity contribution in [2.24, 2.45) is 4.99 Å². The van der Waals surface area contributed by atoms with E-state index in [1.54, 1.807) is 24.7 Å². The average molecular weight is 485 g/mol. The number of H-pyrrole nitrogens is 1. The number of allylic oxidation sites excluding steroid dienone is 1. The van der Waals surface area contributed by atoms with E-state index in [1.165, 1.54) is 12.7 Å². The van der Waals surface area contributed by atoms with Crippen LogP contribution in [0.1, 0.15) is 30.9 Å². The fourth-order valence-corrected chi connectivity index (χ4v) is 3.71. The number of methoxy groups -OCH3 is 1. The minimum Gasteiger partial charge on any atom is -0.493 e. The Balaban J connectivity index is 1.48. The summed E-state index contributed by atoms with van der Waals surface area (Å²) in [5.41, 5.74) is 2.00. The zero-order valence-corrected chi connectivity index (χ0v) is 19.3. The van der Waals surface area contributed by atoms with E-state index in [2.05, 4.69) is 32.2 Å². The Bertz CT molecular complexity index is 1360. The standard InChI is InChI=1S/C25H24F3N5O2/c1-16-5-3-4-10-30-23-22(16)24(33-15-32-23)31-11-8-17-6-7-19(20(13-17)34-2)35-21-14-18(9-12-29-21)25(26,27)28/h4,6-7,9-10,12-15H,3,5,8,11H2,1-2H3,(H,30,31,32,33)/p+1. The highest BCUT2D eigenvalue weighted by atomic mass is 19.4. The summed E-state index contributed by atoms with van der Waals surface area (Å²) in [5.74, 6) is 1.37. The van der Waals surface area contributed by atoms with Gasteiger partial charge in [-0.05, 0) is 43.5 Å². The third kappa shape index (κ3) is 5.95. The quantitative estimate of drug-likeness (QED) is 0.551. The number of nitrogens with one attached hydrogen (secondary N) is 2. The van der Waals surface area contributed by atoms with Crippen LogP contribution in [0.5, 0.6) is 17.4 Å². The van der Waals surface area contributed by atoms with E-state index < -0.39 is 11.7 Å². The Morgan fingerprint density at radius 3 is 2.77 bits per heavy atom. The Morgan fingerprint density at radius 2 is 1.97 bits per heavy atom. The summed E-state index contributed by atoms with van der Waals surface area (Å²) in [6, 6.07) is 7.04. The first-order chi connectivity index (χ1) is 16.8. The van der Waals surface area contributed by atoms with Gasteiger partial charge in [-0.15, -0.1) is 0 Å². The van der Waals surface area contributed by atoms with Crippen LogP contribution in [0.4, 0.5) is 19.0 Å². The van der Waals surface area contributed by atoms with Gasteiger partial charge >= 0.3 is 6.18 Å².